The van der Waals surface area contributed by atoms with Crippen molar-refractivity contribution in [1.29, 1.82) is 0 Å². The minimum absolute atomic E-state index is 0.000545. The van der Waals surface area contributed by atoms with Crippen molar-refractivity contribution < 1.29 is 14.0 Å². The average molecular weight is 465 g/mol. The summed E-state index contributed by atoms with van der Waals surface area (Å²) in [5.41, 5.74) is 7.94. The number of hydrogen-bond donors (Lipinski definition) is 2. The molecule has 168 valence electrons. The van der Waals surface area contributed by atoms with Gasteiger partial charge in [-0.25, -0.2) is 9.37 Å². The van der Waals surface area contributed by atoms with Crippen LogP contribution in [0.5, 0.6) is 0 Å². The molecular weight excluding hydrogens is 443 g/mol. The Balaban J connectivity index is 1.38. The van der Waals surface area contributed by atoms with Crippen LogP contribution in [-0.2, 0) is 22.6 Å². The number of thiophene rings is 1. The summed E-state index contributed by atoms with van der Waals surface area (Å²) in [7, 11) is 0. The van der Waals surface area contributed by atoms with Gasteiger partial charge in [0, 0.05) is 23.9 Å². The number of benzene rings is 2. The van der Waals surface area contributed by atoms with Crippen molar-refractivity contribution >= 4 is 33.4 Å². The third kappa shape index (κ3) is 5.32. The van der Waals surface area contributed by atoms with E-state index in [-0.39, 0.29) is 30.8 Å². The number of amides is 2. The van der Waals surface area contributed by atoms with Gasteiger partial charge in [-0.3, -0.25) is 29.8 Å². The van der Waals surface area contributed by atoms with Crippen LogP contribution in [0.3, 0.4) is 0 Å². The van der Waals surface area contributed by atoms with Gasteiger partial charge >= 0.3 is 0 Å². The Kier molecular flexibility index (Phi) is 6.60. The van der Waals surface area contributed by atoms with Crippen LogP contribution in [0.4, 0.5) is 4.39 Å². The van der Waals surface area contributed by atoms with Crippen molar-refractivity contribution in [2.24, 2.45) is 0 Å². The molecule has 0 aliphatic carbocycles. The molecule has 0 unspecified atom stereocenters. The quantitative estimate of drug-likeness (QED) is 0.428. The van der Waals surface area contributed by atoms with Crippen LogP contribution in [0.2, 0.25) is 0 Å². The molecule has 0 fully saturated rings. The lowest BCUT2D eigenvalue weighted by molar-refractivity contribution is -0.128. The van der Waals surface area contributed by atoms with Crippen molar-refractivity contribution in [2.75, 3.05) is 0 Å². The zero-order valence-electron chi connectivity index (χ0n) is 17.8. The molecule has 0 atom stereocenters. The van der Waals surface area contributed by atoms with Gasteiger partial charge in [0.2, 0.25) is 11.8 Å². The molecule has 0 spiro atoms. The number of hydrazine groups is 1. The first kappa shape index (κ1) is 22.3. The zero-order valence-corrected chi connectivity index (χ0v) is 18.6. The third-order valence-electron chi connectivity index (χ3n) is 5.12. The van der Waals surface area contributed by atoms with Crippen LogP contribution in [0.15, 0.2) is 65.0 Å². The van der Waals surface area contributed by atoms with Gasteiger partial charge in [-0.2, -0.15) is 0 Å². The zero-order chi connectivity index (χ0) is 23.4. The van der Waals surface area contributed by atoms with E-state index < -0.39 is 11.8 Å². The van der Waals surface area contributed by atoms with E-state index in [1.807, 2.05) is 36.6 Å². The van der Waals surface area contributed by atoms with Crippen LogP contribution in [-0.4, -0.2) is 21.4 Å². The standard InChI is InChI=1S/C24H21FN4O3S/c1-15-2-6-17(7-3-15)19-13-33-23-22(19)24(32)29(14-26-23)11-10-20(30)27-28-21(31)12-16-4-8-18(25)9-5-16/h2-9,13-14H,10-12H2,1H3,(H,27,30)(H,28,31). The first-order chi connectivity index (χ1) is 15.9. The van der Waals surface area contributed by atoms with E-state index in [4.69, 9.17) is 0 Å². The topological polar surface area (TPSA) is 93.1 Å². The molecule has 33 heavy (non-hydrogen) atoms. The smallest absolute Gasteiger partial charge is 0.262 e. The van der Waals surface area contributed by atoms with Crippen molar-refractivity contribution in [3.8, 4) is 11.1 Å². The molecule has 2 amide bonds. The number of carbonyl (C=O) groups excluding carboxylic acids is 2. The first-order valence-corrected chi connectivity index (χ1v) is 11.1. The van der Waals surface area contributed by atoms with Gasteiger partial charge in [-0.05, 0) is 30.2 Å². The molecule has 0 radical (unpaired) electrons. The minimum Gasteiger partial charge on any atom is -0.298 e. The highest BCUT2D eigenvalue weighted by Gasteiger charge is 2.14. The predicted octanol–water partition coefficient (Wildman–Crippen LogP) is 3.35. The molecule has 2 aromatic carbocycles. The summed E-state index contributed by atoms with van der Waals surface area (Å²) in [4.78, 5) is 42.2. The number of halogens is 1. The van der Waals surface area contributed by atoms with Crippen LogP contribution in [0.1, 0.15) is 17.5 Å². The highest BCUT2D eigenvalue weighted by Crippen LogP contribution is 2.30. The number of aromatic nitrogens is 2. The maximum absolute atomic E-state index is 13.1. The molecule has 4 rings (SSSR count). The summed E-state index contributed by atoms with van der Waals surface area (Å²) in [6, 6.07) is 13.4. The number of aryl methyl sites for hydroxylation is 2. The van der Waals surface area contributed by atoms with Crippen molar-refractivity contribution in [1.82, 2.24) is 20.4 Å². The fraction of sp³-hybridized carbons (Fsp3) is 0.167. The van der Waals surface area contributed by atoms with Crippen LogP contribution >= 0.6 is 11.3 Å². The van der Waals surface area contributed by atoms with E-state index in [0.717, 1.165) is 16.7 Å². The van der Waals surface area contributed by atoms with E-state index in [1.54, 1.807) is 0 Å². The average Bonchev–Trinajstić information content (AvgIpc) is 3.24. The molecule has 0 saturated heterocycles. The lowest BCUT2D eigenvalue weighted by Crippen LogP contribution is -2.42. The van der Waals surface area contributed by atoms with Crippen molar-refractivity contribution in [3.63, 3.8) is 0 Å². The molecule has 0 bridgehead atoms. The number of fused-ring (bicyclic) bond motifs is 1. The summed E-state index contributed by atoms with van der Waals surface area (Å²) in [5, 5.41) is 2.44. The molecule has 2 aromatic heterocycles. The predicted molar refractivity (Wildman–Crippen MR) is 125 cm³/mol. The van der Waals surface area contributed by atoms with Crippen molar-refractivity contribution in [3.05, 3.63) is 87.5 Å². The highest BCUT2D eigenvalue weighted by molar-refractivity contribution is 7.17. The molecule has 9 heteroatoms. The molecule has 2 heterocycles. The van der Waals surface area contributed by atoms with Gasteiger partial charge in [0.15, 0.2) is 0 Å². The largest absolute Gasteiger partial charge is 0.298 e. The summed E-state index contributed by atoms with van der Waals surface area (Å²) in [5.74, 6) is -1.27. The maximum atomic E-state index is 13.1. The SMILES string of the molecule is Cc1ccc(-c2csc3ncn(CCC(=O)NNC(=O)Cc4ccc(F)cc4)c(=O)c23)cc1. The van der Waals surface area contributed by atoms with Crippen molar-refractivity contribution in [2.45, 2.75) is 26.3 Å². The van der Waals surface area contributed by atoms with E-state index in [1.165, 1.54) is 46.5 Å². The van der Waals surface area contributed by atoms with Gasteiger partial charge in [0.25, 0.3) is 5.56 Å². The lowest BCUT2D eigenvalue weighted by atomic mass is 10.1. The van der Waals surface area contributed by atoms with Gasteiger partial charge in [0.05, 0.1) is 18.1 Å². The fourth-order valence-electron chi connectivity index (χ4n) is 3.33. The van der Waals surface area contributed by atoms with Crippen LogP contribution < -0.4 is 16.4 Å². The minimum atomic E-state index is -0.446. The first-order valence-electron chi connectivity index (χ1n) is 10.3. The molecule has 0 aliphatic heterocycles. The number of carbonyl (C=O) groups is 2. The summed E-state index contributed by atoms with van der Waals surface area (Å²) in [6.07, 6.45) is 1.41. The molecule has 0 aliphatic rings. The van der Waals surface area contributed by atoms with Crippen LogP contribution in [0.25, 0.3) is 21.3 Å². The van der Waals surface area contributed by atoms with Gasteiger partial charge in [0.1, 0.15) is 10.6 Å². The highest BCUT2D eigenvalue weighted by atomic mass is 32.1. The Morgan fingerprint density at radius 3 is 2.45 bits per heavy atom. The van der Waals surface area contributed by atoms with E-state index >= 15 is 0 Å². The lowest BCUT2D eigenvalue weighted by Gasteiger charge is -2.09. The van der Waals surface area contributed by atoms with E-state index in [0.29, 0.717) is 15.8 Å². The molecule has 2 N–H and O–H groups in total. The second-order valence-electron chi connectivity index (χ2n) is 7.59. The van der Waals surface area contributed by atoms with Gasteiger partial charge in [-0.15, -0.1) is 11.3 Å². The summed E-state index contributed by atoms with van der Waals surface area (Å²) >= 11 is 1.40. The number of nitrogens with one attached hydrogen (secondary N) is 2. The second-order valence-corrected chi connectivity index (χ2v) is 8.45. The molecule has 0 saturated carbocycles. The Hall–Kier alpha value is -3.85. The Bertz CT molecular complexity index is 1360. The number of hydrogen-bond acceptors (Lipinski definition) is 5. The monoisotopic (exact) mass is 464 g/mol. The molecule has 4 aromatic rings. The number of rotatable bonds is 6. The summed E-state index contributed by atoms with van der Waals surface area (Å²) < 4.78 is 14.3. The van der Waals surface area contributed by atoms with E-state index in [2.05, 4.69) is 15.8 Å². The fourth-order valence-corrected chi connectivity index (χ4v) is 4.23. The van der Waals surface area contributed by atoms with E-state index in [9.17, 15) is 18.8 Å². The molecular formula is C24H21FN4O3S. The maximum Gasteiger partial charge on any atom is 0.262 e. The number of nitrogens with zero attached hydrogens (tertiary/aromatic N) is 2. The molecule has 7 nitrogen and oxygen atoms in total. The van der Waals surface area contributed by atoms with Crippen LogP contribution in [0, 0.1) is 12.7 Å². The normalized spacial score (nSPS) is 10.8. The van der Waals surface area contributed by atoms with Gasteiger partial charge in [-0.1, -0.05) is 42.0 Å². The third-order valence-corrected chi connectivity index (χ3v) is 6.01. The Morgan fingerprint density at radius 2 is 1.73 bits per heavy atom. The second kappa shape index (κ2) is 9.74. The van der Waals surface area contributed by atoms with Gasteiger partial charge < -0.3 is 0 Å². The summed E-state index contributed by atoms with van der Waals surface area (Å²) in [6.45, 7) is 2.12. The Labute approximate surface area is 192 Å². The Morgan fingerprint density at radius 1 is 1.03 bits per heavy atom.